The third kappa shape index (κ3) is 4.89. The van der Waals surface area contributed by atoms with Crippen LogP contribution in [0.15, 0.2) is 47.3 Å². The molecule has 0 spiro atoms. The Labute approximate surface area is 181 Å². The quantitative estimate of drug-likeness (QED) is 0.609. The number of piperazine rings is 1. The number of carbonyl (C=O) groups excluding carboxylic acids is 2. The van der Waals surface area contributed by atoms with E-state index < -0.39 is 0 Å². The van der Waals surface area contributed by atoms with Gasteiger partial charge in [0.05, 0.1) is 16.8 Å². The van der Waals surface area contributed by atoms with Gasteiger partial charge in [0, 0.05) is 36.8 Å². The topological polar surface area (TPSA) is 82.7 Å². The Morgan fingerprint density at radius 3 is 2.53 bits per heavy atom. The van der Waals surface area contributed by atoms with Gasteiger partial charge in [-0.25, -0.2) is 4.79 Å². The molecule has 30 heavy (non-hydrogen) atoms. The second-order valence-electron chi connectivity index (χ2n) is 7.09. The summed E-state index contributed by atoms with van der Waals surface area (Å²) in [4.78, 5) is 42.6. The van der Waals surface area contributed by atoms with Crippen molar-refractivity contribution >= 4 is 45.0 Å². The molecule has 0 saturated carbocycles. The number of benzene rings is 2. The van der Waals surface area contributed by atoms with E-state index in [0.29, 0.717) is 36.8 Å². The molecule has 1 aromatic heterocycles. The first-order valence-electron chi connectivity index (χ1n) is 9.52. The van der Waals surface area contributed by atoms with Crippen molar-refractivity contribution in [2.24, 2.45) is 0 Å². The molecule has 1 aliphatic rings. The molecule has 3 aromatic rings. The van der Waals surface area contributed by atoms with Gasteiger partial charge in [0.15, 0.2) is 5.78 Å². The molecule has 7 nitrogen and oxygen atoms in total. The van der Waals surface area contributed by atoms with Gasteiger partial charge in [-0.15, -0.1) is 0 Å². The van der Waals surface area contributed by atoms with Crippen LogP contribution < -0.4 is 4.87 Å². The molecule has 1 amide bonds. The van der Waals surface area contributed by atoms with E-state index >= 15 is 0 Å². The normalized spacial score (nSPS) is 14.8. The minimum Gasteiger partial charge on any atom is -0.445 e. The molecule has 4 rings (SSSR count). The van der Waals surface area contributed by atoms with E-state index in [-0.39, 0.29) is 29.9 Å². The Kier molecular flexibility index (Phi) is 6.17. The predicted molar refractivity (Wildman–Crippen MR) is 116 cm³/mol. The first kappa shape index (κ1) is 20.6. The fraction of sp³-hybridized carbons (Fsp3) is 0.286. The lowest BCUT2D eigenvalue weighted by atomic mass is 10.1. The summed E-state index contributed by atoms with van der Waals surface area (Å²) in [5.41, 5.74) is 2.20. The molecular formula is C21H20ClN3O4S. The lowest BCUT2D eigenvalue weighted by Gasteiger charge is -2.33. The summed E-state index contributed by atoms with van der Waals surface area (Å²) < 4.78 is 6.14. The van der Waals surface area contributed by atoms with Crippen molar-refractivity contribution in [3.63, 3.8) is 0 Å². The molecule has 2 heterocycles. The van der Waals surface area contributed by atoms with Crippen LogP contribution in [0.2, 0.25) is 5.02 Å². The molecule has 0 atom stereocenters. The number of ketones is 1. The molecular weight excluding hydrogens is 426 g/mol. The van der Waals surface area contributed by atoms with Gasteiger partial charge >= 0.3 is 11.0 Å². The van der Waals surface area contributed by atoms with Gasteiger partial charge in [-0.1, -0.05) is 35.1 Å². The van der Waals surface area contributed by atoms with E-state index in [1.165, 1.54) is 0 Å². The zero-order valence-corrected chi connectivity index (χ0v) is 17.7. The van der Waals surface area contributed by atoms with Crippen molar-refractivity contribution in [1.82, 2.24) is 14.8 Å². The lowest BCUT2D eigenvalue weighted by Crippen LogP contribution is -2.50. The van der Waals surface area contributed by atoms with Crippen molar-refractivity contribution < 1.29 is 14.3 Å². The zero-order valence-electron chi connectivity index (χ0n) is 16.1. The first-order chi connectivity index (χ1) is 14.5. The van der Waals surface area contributed by atoms with Gasteiger partial charge in [-0.3, -0.25) is 14.5 Å². The molecule has 156 valence electrons. The molecule has 1 aliphatic heterocycles. The number of nitrogens with zero attached hydrogens (tertiary/aromatic N) is 2. The number of ether oxygens (including phenoxy) is 1. The number of fused-ring (bicyclic) bond motifs is 1. The number of aromatic amines is 1. The molecule has 1 fully saturated rings. The van der Waals surface area contributed by atoms with E-state index in [0.717, 1.165) is 27.1 Å². The summed E-state index contributed by atoms with van der Waals surface area (Å²) in [5, 5.41) is 0.638. The van der Waals surface area contributed by atoms with E-state index in [1.807, 2.05) is 17.0 Å². The van der Waals surface area contributed by atoms with E-state index in [2.05, 4.69) is 4.98 Å². The highest BCUT2D eigenvalue weighted by molar-refractivity contribution is 7.16. The van der Waals surface area contributed by atoms with Crippen LogP contribution in [0.1, 0.15) is 15.9 Å². The summed E-state index contributed by atoms with van der Waals surface area (Å²) in [6, 6.07) is 12.4. The van der Waals surface area contributed by atoms with Crippen molar-refractivity contribution in [2.45, 2.75) is 6.61 Å². The highest BCUT2D eigenvalue weighted by atomic mass is 35.5. The number of amides is 1. The van der Waals surface area contributed by atoms with Gasteiger partial charge < -0.3 is 14.6 Å². The molecule has 1 N–H and O–H groups in total. The fourth-order valence-electron chi connectivity index (χ4n) is 3.32. The Morgan fingerprint density at radius 2 is 1.80 bits per heavy atom. The van der Waals surface area contributed by atoms with Gasteiger partial charge in [0.2, 0.25) is 0 Å². The van der Waals surface area contributed by atoms with Gasteiger partial charge in [-0.05, 0) is 35.9 Å². The van der Waals surface area contributed by atoms with Crippen LogP contribution in [-0.2, 0) is 11.3 Å². The number of hydrogen-bond donors (Lipinski definition) is 1. The van der Waals surface area contributed by atoms with Crippen LogP contribution in [0.25, 0.3) is 10.2 Å². The summed E-state index contributed by atoms with van der Waals surface area (Å²) in [6.45, 7) is 2.68. The van der Waals surface area contributed by atoms with Gasteiger partial charge in [0.1, 0.15) is 6.61 Å². The monoisotopic (exact) mass is 445 g/mol. The maximum absolute atomic E-state index is 12.6. The highest BCUT2D eigenvalue weighted by Crippen LogP contribution is 2.17. The van der Waals surface area contributed by atoms with Crippen LogP contribution in [0, 0.1) is 0 Å². The molecule has 1 saturated heterocycles. The average molecular weight is 446 g/mol. The molecule has 0 radical (unpaired) electrons. The zero-order chi connectivity index (χ0) is 21.1. The summed E-state index contributed by atoms with van der Waals surface area (Å²) in [7, 11) is 0. The molecule has 0 unspecified atom stereocenters. The molecule has 2 aromatic carbocycles. The smallest absolute Gasteiger partial charge is 0.410 e. The molecule has 9 heteroatoms. The van der Waals surface area contributed by atoms with Crippen LogP contribution in [0.3, 0.4) is 0 Å². The second kappa shape index (κ2) is 8.99. The standard InChI is InChI=1S/C21H20ClN3O4S/c22-16-4-1-14(2-5-16)13-29-21(28)25-9-7-24(8-10-25)12-18(26)15-3-6-17-19(11-15)30-20(27)23-17/h1-6,11H,7-10,12-13H2,(H,23,27). The number of thiazole rings is 1. The van der Waals surface area contributed by atoms with Crippen molar-refractivity contribution in [3.05, 3.63) is 68.3 Å². The summed E-state index contributed by atoms with van der Waals surface area (Å²) >= 11 is 6.95. The number of Topliss-reactive ketones (excluding diaryl/α,β-unsaturated/α-hetero) is 1. The average Bonchev–Trinajstić information content (AvgIpc) is 3.12. The Balaban J connectivity index is 1.26. The number of aromatic nitrogens is 1. The Morgan fingerprint density at radius 1 is 1.07 bits per heavy atom. The largest absolute Gasteiger partial charge is 0.445 e. The maximum Gasteiger partial charge on any atom is 0.410 e. The minimum absolute atomic E-state index is 0.00323. The molecule has 0 aliphatic carbocycles. The number of carbonyl (C=O) groups is 2. The van der Waals surface area contributed by atoms with Crippen LogP contribution in [0.5, 0.6) is 0 Å². The van der Waals surface area contributed by atoms with Crippen molar-refractivity contribution in [2.75, 3.05) is 32.7 Å². The predicted octanol–water partition coefficient (Wildman–Crippen LogP) is 3.38. The lowest BCUT2D eigenvalue weighted by molar-refractivity contribution is 0.0678. The third-order valence-electron chi connectivity index (χ3n) is 5.02. The van der Waals surface area contributed by atoms with Gasteiger partial charge in [-0.2, -0.15) is 0 Å². The number of halogens is 1. The highest BCUT2D eigenvalue weighted by Gasteiger charge is 2.24. The van der Waals surface area contributed by atoms with E-state index in [1.54, 1.807) is 35.2 Å². The van der Waals surface area contributed by atoms with Crippen molar-refractivity contribution in [1.29, 1.82) is 0 Å². The number of rotatable bonds is 5. The third-order valence-corrected chi connectivity index (χ3v) is 6.11. The number of nitrogens with one attached hydrogen (secondary N) is 1. The summed E-state index contributed by atoms with van der Waals surface area (Å²) in [5.74, 6) is -0.00323. The SMILES string of the molecule is O=C(CN1CCN(C(=O)OCc2ccc(Cl)cc2)CC1)c1ccc2[nH]c(=O)sc2c1. The van der Waals surface area contributed by atoms with E-state index in [9.17, 15) is 14.4 Å². The first-order valence-corrected chi connectivity index (χ1v) is 10.7. The number of H-pyrrole nitrogens is 1. The van der Waals surface area contributed by atoms with E-state index in [4.69, 9.17) is 16.3 Å². The fourth-order valence-corrected chi connectivity index (χ4v) is 4.22. The Bertz CT molecular complexity index is 1120. The van der Waals surface area contributed by atoms with Crippen LogP contribution >= 0.6 is 22.9 Å². The Hall–Kier alpha value is -2.68. The van der Waals surface area contributed by atoms with Gasteiger partial charge in [0.25, 0.3) is 0 Å². The summed E-state index contributed by atoms with van der Waals surface area (Å²) in [6.07, 6.45) is -0.358. The number of hydrogen-bond acceptors (Lipinski definition) is 6. The second-order valence-corrected chi connectivity index (χ2v) is 8.54. The van der Waals surface area contributed by atoms with Crippen LogP contribution in [-0.4, -0.2) is 59.4 Å². The molecule has 0 bridgehead atoms. The minimum atomic E-state index is -0.358. The van der Waals surface area contributed by atoms with Crippen LogP contribution in [0.4, 0.5) is 4.79 Å². The maximum atomic E-state index is 12.6. The van der Waals surface area contributed by atoms with Crippen molar-refractivity contribution in [3.8, 4) is 0 Å².